The van der Waals surface area contributed by atoms with Crippen LogP contribution in [0.15, 0.2) is 30.3 Å². The molecule has 110 valence electrons. The van der Waals surface area contributed by atoms with Crippen molar-refractivity contribution in [2.45, 2.75) is 26.7 Å². The molecule has 0 fully saturated rings. The van der Waals surface area contributed by atoms with E-state index in [1.165, 1.54) is 12.1 Å². The monoisotopic (exact) mass is 305 g/mol. The Bertz CT molecular complexity index is 683. The first kappa shape index (κ1) is 15.3. The minimum Gasteiger partial charge on any atom is -0.477 e. The summed E-state index contributed by atoms with van der Waals surface area (Å²) >= 11 is 5.83. The predicted molar refractivity (Wildman–Crippen MR) is 81.5 cm³/mol. The van der Waals surface area contributed by atoms with E-state index in [9.17, 15) is 9.90 Å². The van der Waals surface area contributed by atoms with Gasteiger partial charge in [0.05, 0.1) is 0 Å². The lowest BCUT2D eigenvalue weighted by Gasteiger charge is -2.13. The molecule has 1 aromatic heterocycles. The third-order valence-corrected chi connectivity index (χ3v) is 3.35. The van der Waals surface area contributed by atoms with Crippen molar-refractivity contribution in [1.82, 2.24) is 4.98 Å². The van der Waals surface area contributed by atoms with E-state index in [2.05, 4.69) is 18.8 Å². The van der Waals surface area contributed by atoms with Crippen LogP contribution in [0.3, 0.4) is 0 Å². The van der Waals surface area contributed by atoms with Gasteiger partial charge in [-0.15, -0.1) is 0 Å². The average molecular weight is 306 g/mol. The molecular formula is C16H16ClNO3. The fraction of sp³-hybridized carbons (Fsp3) is 0.250. The molecule has 0 radical (unpaired) electrons. The molecule has 0 atom stereocenters. The summed E-state index contributed by atoms with van der Waals surface area (Å²) in [4.78, 5) is 15.2. The lowest BCUT2D eigenvalue weighted by molar-refractivity contribution is 0.0693. The van der Waals surface area contributed by atoms with E-state index < -0.39 is 5.97 Å². The molecule has 0 aliphatic heterocycles. The summed E-state index contributed by atoms with van der Waals surface area (Å²) in [5.41, 5.74) is 1.99. The normalized spacial score (nSPS) is 10.7. The van der Waals surface area contributed by atoms with Gasteiger partial charge in [-0.2, -0.15) is 0 Å². The Labute approximate surface area is 128 Å². The highest BCUT2D eigenvalue weighted by molar-refractivity contribution is 6.29. The third-order valence-electron chi connectivity index (χ3n) is 3.14. The second-order valence-corrected chi connectivity index (χ2v) is 5.46. The molecule has 5 heteroatoms. The molecule has 0 amide bonds. The van der Waals surface area contributed by atoms with Crippen LogP contribution in [0, 0.1) is 6.92 Å². The van der Waals surface area contributed by atoms with Gasteiger partial charge in [0.15, 0.2) is 0 Å². The van der Waals surface area contributed by atoms with Gasteiger partial charge in [-0.3, -0.25) is 0 Å². The van der Waals surface area contributed by atoms with E-state index >= 15 is 0 Å². The Morgan fingerprint density at radius 1 is 1.29 bits per heavy atom. The smallest absolute Gasteiger partial charge is 0.341 e. The van der Waals surface area contributed by atoms with Crippen molar-refractivity contribution in [3.63, 3.8) is 0 Å². The summed E-state index contributed by atoms with van der Waals surface area (Å²) in [5.74, 6) is -0.177. The Morgan fingerprint density at radius 3 is 2.62 bits per heavy atom. The van der Waals surface area contributed by atoms with Gasteiger partial charge in [-0.05, 0) is 42.2 Å². The van der Waals surface area contributed by atoms with Gasteiger partial charge in [0.1, 0.15) is 16.5 Å². The minimum absolute atomic E-state index is 0.000920. The number of aromatic carboxylic acids is 1. The van der Waals surface area contributed by atoms with Gasteiger partial charge in [0.25, 0.3) is 0 Å². The van der Waals surface area contributed by atoms with Crippen LogP contribution in [0.5, 0.6) is 11.6 Å². The van der Waals surface area contributed by atoms with Crippen molar-refractivity contribution in [2.75, 3.05) is 0 Å². The zero-order valence-electron chi connectivity index (χ0n) is 12.1. The van der Waals surface area contributed by atoms with Crippen LogP contribution in [-0.2, 0) is 0 Å². The molecule has 0 saturated carbocycles. The second-order valence-electron chi connectivity index (χ2n) is 5.07. The summed E-state index contributed by atoms with van der Waals surface area (Å²) in [7, 11) is 0. The first-order valence-corrected chi connectivity index (χ1v) is 6.94. The van der Waals surface area contributed by atoms with Crippen LogP contribution >= 0.6 is 11.6 Å². The number of ether oxygens (including phenoxy) is 1. The molecule has 1 N–H and O–H groups in total. The van der Waals surface area contributed by atoms with Crippen LogP contribution in [-0.4, -0.2) is 16.1 Å². The van der Waals surface area contributed by atoms with Gasteiger partial charge in [0, 0.05) is 0 Å². The number of carboxylic acids is 1. The number of rotatable bonds is 4. The molecule has 2 rings (SSSR count). The second kappa shape index (κ2) is 6.14. The Morgan fingerprint density at radius 2 is 2.00 bits per heavy atom. The molecule has 21 heavy (non-hydrogen) atoms. The van der Waals surface area contributed by atoms with Crippen molar-refractivity contribution in [2.24, 2.45) is 0 Å². The average Bonchev–Trinajstić information content (AvgIpc) is 2.40. The van der Waals surface area contributed by atoms with Crippen molar-refractivity contribution < 1.29 is 14.6 Å². The van der Waals surface area contributed by atoms with E-state index in [1.54, 1.807) is 0 Å². The number of benzene rings is 1. The summed E-state index contributed by atoms with van der Waals surface area (Å²) in [6.07, 6.45) is 0. The lowest BCUT2D eigenvalue weighted by Crippen LogP contribution is -2.03. The largest absolute Gasteiger partial charge is 0.477 e. The molecule has 0 bridgehead atoms. The van der Waals surface area contributed by atoms with Crippen LogP contribution in [0.1, 0.15) is 41.3 Å². The van der Waals surface area contributed by atoms with Crippen LogP contribution in [0.2, 0.25) is 5.15 Å². The van der Waals surface area contributed by atoms with E-state index in [0.29, 0.717) is 11.7 Å². The standard InChI is InChI=1S/C16H16ClNO3/c1-9(2)11-5-4-10(3)13(8-11)21-15-12(16(19)20)6-7-14(17)18-15/h4-9H,1-3H3,(H,19,20). The lowest BCUT2D eigenvalue weighted by atomic mass is 10.0. The fourth-order valence-electron chi connectivity index (χ4n) is 1.85. The molecule has 0 spiro atoms. The maximum absolute atomic E-state index is 11.2. The Kier molecular flexibility index (Phi) is 4.48. The highest BCUT2D eigenvalue weighted by atomic mass is 35.5. The Hall–Kier alpha value is -2.07. The molecule has 0 unspecified atom stereocenters. The topological polar surface area (TPSA) is 59.4 Å². The van der Waals surface area contributed by atoms with Crippen LogP contribution in [0.4, 0.5) is 0 Å². The number of hydrogen-bond acceptors (Lipinski definition) is 3. The predicted octanol–water partition coefficient (Wildman–Crippen LogP) is 4.66. The van der Waals surface area contributed by atoms with E-state index in [1.807, 2.05) is 25.1 Å². The molecular weight excluding hydrogens is 290 g/mol. The summed E-state index contributed by atoms with van der Waals surface area (Å²) in [6.45, 7) is 6.05. The van der Waals surface area contributed by atoms with E-state index in [-0.39, 0.29) is 16.6 Å². The maximum Gasteiger partial charge on any atom is 0.341 e. The van der Waals surface area contributed by atoms with Gasteiger partial charge in [-0.25, -0.2) is 9.78 Å². The first-order valence-electron chi connectivity index (χ1n) is 6.56. The number of halogens is 1. The first-order chi connectivity index (χ1) is 9.88. The highest BCUT2D eigenvalue weighted by Crippen LogP contribution is 2.30. The number of aryl methyl sites for hydroxylation is 1. The molecule has 0 aliphatic carbocycles. The van der Waals surface area contributed by atoms with Crippen molar-refractivity contribution >= 4 is 17.6 Å². The molecule has 0 aliphatic rings. The highest BCUT2D eigenvalue weighted by Gasteiger charge is 2.15. The number of pyridine rings is 1. The van der Waals surface area contributed by atoms with Crippen LogP contribution < -0.4 is 4.74 Å². The zero-order valence-corrected chi connectivity index (χ0v) is 12.8. The molecule has 1 heterocycles. The number of nitrogens with zero attached hydrogens (tertiary/aromatic N) is 1. The Balaban J connectivity index is 2.44. The van der Waals surface area contributed by atoms with Crippen molar-refractivity contribution in [3.05, 3.63) is 52.2 Å². The van der Waals surface area contributed by atoms with E-state index in [0.717, 1.165) is 11.1 Å². The molecule has 2 aromatic rings. The minimum atomic E-state index is -1.10. The van der Waals surface area contributed by atoms with Gasteiger partial charge in [0.2, 0.25) is 5.88 Å². The van der Waals surface area contributed by atoms with Gasteiger partial charge >= 0.3 is 5.97 Å². The number of carbonyl (C=O) groups is 1. The van der Waals surface area contributed by atoms with Gasteiger partial charge < -0.3 is 9.84 Å². The molecule has 0 saturated heterocycles. The quantitative estimate of drug-likeness (QED) is 0.835. The number of hydrogen-bond donors (Lipinski definition) is 1. The SMILES string of the molecule is Cc1ccc(C(C)C)cc1Oc1nc(Cl)ccc1C(=O)O. The summed E-state index contributed by atoms with van der Waals surface area (Å²) < 4.78 is 5.70. The van der Waals surface area contributed by atoms with E-state index in [4.69, 9.17) is 16.3 Å². The van der Waals surface area contributed by atoms with Crippen molar-refractivity contribution in [3.8, 4) is 11.6 Å². The van der Waals surface area contributed by atoms with Gasteiger partial charge in [-0.1, -0.05) is 37.6 Å². The molecule has 4 nitrogen and oxygen atoms in total. The van der Waals surface area contributed by atoms with Crippen molar-refractivity contribution in [1.29, 1.82) is 0 Å². The zero-order chi connectivity index (χ0) is 15.6. The number of carboxylic acid groups (broad SMARTS) is 1. The summed E-state index contributed by atoms with van der Waals surface area (Å²) in [5, 5.41) is 9.37. The number of aromatic nitrogens is 1. The maximum atomic E-state index is 11.2. The summed E-state index contributed by atoms with van der Waals surface area (Å²) in [6, 6.07) is 8.67. The third kappa shape index (κ3) is 3.52. The van der Waals surface area contributed by atoms with Crippen LogP contribution in [0.25, 0.3) is 0 Å². The fourth-order valence-corrected chi connectivity index (χ4v) is 1.99. The molecule has 1 aromatic carbocycles.